The zero-order chi connectivity index (χ0) is 15.4. The quantitative estimate of drug-likeness (QED) is 0.641. The van der Waals surface area contributed by atoms with Crippen molar-refractivity contribution in [3.05, 3.63) is 36.4 Å². The van der Waals surface area contributed by atoms with Crippen molar-refractivity contribution < 1.29 is 0 Å². The van der Waals surface area contributed by atoms with Gasteiger partial charge in [-0.2, -0.15) is 0 Å². The molecule has 2 heterocycles. The minimum absolute atomic E-state index is 0.766. The first-order valence-corrected chi connectivity index (χ1v) is 9.01. The van der Waals surface area contributed by atoms with E-state index in [-0.39, 0.29) is 0 Å². The number of hydrogen-bond donors (Lipinski definition) is 1. The van der Waals surface area contributed by atoms with Crippen LogP contribution >= 0.6 is 38.6 Å². The van der Waals surface area contributed by atoms with Crippen LogP contribution in [-0.4, -0.2) is 29.9 Å². The third kappa shape index (κ3) is 4.52. The van der Waals surface area contributed by atoms with Gasteiger partial charge in [0.15, 0.2) is 5.96 Å². The number of thiazole rings is 1. The SMILES string of the molecule is CN=C(NCc1sc(C)nc1C)N(C)Cc1ccc(Br)s1. The van der Waals surface area contributed by atoms with Crippen LogP contribution in [0.4, 0.5) is 0 Å². The molecule has 0 aromatic carbocycles. The van der Waals surface area contributed by atoms with E-state index >= 15 is 0 Å². The van der Waals surface area contributed by atoms with Gasteiger partial charge >= 0.3 is 0 Å². The van der Waals surface area contributed by atoms with Crippen LogP contribution in [0.15, 0.2) is 20.9 Å². The van der Waals surface area contributed by atoms with Gasteiger partial charge in [-0.1, -0.05) is 0 Å². The van der Waals surface area contributed by atoms with Crippen LogP contribution in [0.3, 0.4) is 0 Å². The molecule has 4 nitrogen and oxygen atoms in total. The predicted molar refractivity (Wildman–Crippen MR) is 95.3 cm³/mol. The second-order valence-corrected chi connectivity index (χ2v) is 8.54. The van der Waals surface area contributed by atoms with Crippen molar-refractivity contribution in [1.29, 1.82) is 0 Å². The highest BCUT2D eigenvalue weighted by molar-refractivity contribution is 9.11. The molecule has 0 bridgehead atoms. The Morgan fingerprint density at radius 1 is 1.38 bits per heavy atom. The summed E-state index contributed by atoms with van der Waals surface area (Å²) >= 11 is 6.98. The van der Waals surface area contributed by atoms with E-state index in [4.69, 9.17) is 0 Å². The lowest BCUT2D eigenvalue weighted by Gasteiger charge is -2.21. The molecule has 0 atom stereocenters. The summed E-state index contributed by atoms with van der Waals surface area (Å²) < 4.78 is 1.16. The van der Waals surface area contributed by atoms with Crippen LogP contribution in [0.25, 0.3) is 0 Å². The minimum Gasteiger partial charge on any atom is -0.351 e. The summed E-state index contributed by atoms with van der Waals surface area (Å²) in [5.41, 5.74) is 1.10. The summed E-state index contributed by atoms with van der Waals surface area (Å²) in [6.45, 7) is 5.70. The van der Waals surface area contributed by atoms with E-state index in [9.17, 15) is 0 Å². The summed E-state index contributed by atoms with van der Waals surface area (Å²) in [5, 5.41) is 4.51. The Balaban J connectivity index is 1.95. The Hall–Kier alpha value is -0.920. The van der Waals surface area contributed by atoms with Crippen LogP contribution in [0.2, 0.25) is 0 Å². The summed E-state index contributed by atoms with van der Waals surface area (Å²) in [7, 11) is 3.86. The highest BCUT2D eigenvalue weighted by atomic mass is 79.9. The van der Waals surface area contributed by atoms with Gasteiger partial charge in [-0.3, -0.25) is 4.99 Å². The zero-order valence-electron chi connectivity index (χ0n) is 12.6. The molecule has 0 saturated carbocycles. The van der Waals surface area contributed by atoms with E-state index in [0.29, 0.717) is 0 Å². The summed E-state index contributed by atoms with van der Waals surface area (Å²) in [6, 6.07) is 4.21. The number of halogens is 1. The molecule has 2 aromatic heterocycles. The van der Waals surface area contributed by atoms with E-state index in [0.717, 1.165) is 33.5 Å². The first-order chi connectivity index (χ1) is 9.99. The van der Waals surface area contributed by atoms with Crippen LogP contribution in [-0.2, 0) is 13.1 Å². The summed E-state index contributed by atoms with van der Waals surface area (Å²) in [4.78, 5) is 13.5. The van der Waals surface area contributed by atoms with Gasteiger partial charge in [-0.15, -0.1) is 22.7 Å². The van der Waals surface area contributed by atoms with Gasteiger partial charge in [0.1, 0.15) is 0 Å². The molecular formula is C14H19BrN4S2. The first kappa shape index (κ1) is 16.5. The van der Waals surface area contributed by atoms with Crippen molar-refractivity contribution in [3.63, 3.8) is 0 Å². The molecule has 0 saturated heterocycles. The normalized spacial score (nSPS) is 11.8. The van der Waals surface area contributed by atoms with Crippen molar-refractivity contribution in [2.75, 3.05) is 14.1 Å². The maximum absolute atomic E-state index is 4.45. The average molecular weight is 387 g/mol. The van der Waals surface area contributed by atoms with E-state index in [2.05, 4.69) is 55.2 Å². The van der Waals surface area contributed by atoms with Gasteiger partial charge in [-0.25, -0.2) is 4.98 Å². The van der Waals surface area contributed by atoms with Gasteiger partial charge < -0.3 is 10.2 Å². The van der Waals surface area contributed by atoms with Crippen molar-refractivity contribution in [2.45, 2.75) is 26.9 Å². The number of aliphatic imine (C=N–C) groups is 1. The lowest BCUT2D eigenvalue weighted by Crippen LogP contribution is -2.37. The second-order valence-electron chi connectivity index (χ2n) is 4.70. The highest BCUT2D eigenvalue weighted by Crippen LogP contribution is 2.23. The van der Waals surface area contributed by atoms with Crippen LogP contribution in [0, 0.1) is 13.8 Å². The first-order valence-electron chi connectivity index (χ1n) is 6.58. The summed E-state index contributed by atoms with van der Waals surface area (Å²) in [5.74, 6) is 0.893. The largest absolute Gasteiger partial charge is 0.351 e. The second kappa shape index (κ2) is 7.38. The molecule has 2 aromatic rings. The maximum Gasteiger partial charge on any atom is 0.194 e. The van der Waals surface area contributed by atoms with E-state index in [1.807, 2.05) is 21.0 Å². The number of hydrogen-bond acceptors (Lipinski definition) is 4. The Labute approximate surface area is 142 Å². The Bertz CT molecular complexity index is 633. The standard InChI is InChI=1S/C14H19BrN4S2/c1-9-12(20-10(2)18-9)7-17-14(16-3)19(4)8-11-5-6-13(15)21-11/h5-6H,7-8H2,1-4H3,(H,16,17). The third-order valence-corrected chi connectivity index (χ3v) is 5.68. The monoisotopic (exact) mass is 386 g/mol. The Morgan fingerprint density at radius 2 is 2.14 bits per heavy atom. The number of guanidine groups is 1. The lowest BCUT2D eigenvalue weighted by molar-refractivity contribution is 0.481. The molecule has 0 spiro atoms. The molecular weight excluding hydrogens is 368 g/mol. The Morgan fingerprint density at radius 3 is 2.67 bits per heavy atom. The minimum atomic E-state index is 0.766. The number of aryl methyl sites for hydroxylation is 2. The lowest BCUT2D eigenvalue weighted by atomic mass is 10.4. The van der Waals surface area contributed by atoms with E-state index < -0.39 is 0 Å². The number of nitrogens with one attached hydrogen (secondary N) is 1. The van der Waals surface area contributed by atoms with Crippen molar-refractivity contribution in [3.8, 4) is 0 Å². The van der Waals surface area contributed by atoms with Gasteiger partial charge in [0.25, 0.3) is 0 Å². The molecule has 0 aliphatic rings. The fourth-order valence-electron chi connectivity index (χ4n) is 2.03. The molecule has 1 N–H and O–H groups in total. The smallest absolute Gasteiger partial charge is 0.194 e. The van der Waals surface area contributed by atoms with Crippen molar-refractivity contribution in [2.24, 2.45) is 4.99 Å². The van der Waals surface area contributed by atoms with Crippen molar-refractivity contribution >= 4 is 44.6 Å². The van der Waals surface area contributed by atoms with Gasteiger partial charge in [0.2, 0.25) is 0 Å². The van der Waals surface area contributed by atoms with Gasteiger partial charge in [0, 0.05) is 23.8 Å². The maximum atomic E-state index is 4.45. The molecule has 0 aliphatic heterocycles. The molecule has 114 valence electrons. The molecule has 2 rings (SSSR count). The van der Waals surface area contributed by atoms with Gasteiger partial charge in [0.05, 0.1) is 27.6 Å². The van der Waals surface area contributed by atoms with Crippen LogP contribution < -0.4 is 5.32 Å². The van der Waals surface area contributed by atoms with Crippen LogP contribution in [0.1, 0.15) is 20.5 Å². The number of rotatable bonds is 4. The fourth-order valence-corrected chi connectivity index (χ4v) is 4.44. The zero-order valence-corrected chi connectivity index (χ0v) is 15.8. The molecule has 0 radical (unpaired) electrons. The predicted octanol–water partition coefficient (Wildman–Crippen LogP) is 3.79. The number of aromatic nitrogens is 1. The average Bonchev–Trinajstić information content (AvgIpc) is 2.96. The fraction of sp³-hybridized carbons (Fsp3) is 0.429. The molecule has 0 unspecified atom stereocenters. The van der Waals surface area contributed by atoms with E-state index in [1.165, 1.54) is 9.75 Å². The molecule has 0 amide bonds. The number of nitrogens with zero attached hydrogens (tertiary/aromatic N) is 3. The molecule has 0 aliphatic carbocycles. The summed E-state index contributed by atoms with van der Waals surface area (Å²) in [6.07, 6.45) is 0. The van der Waals surface area contributed by atoms with Crippen LogP contribution in [0.5, 0.6) is 0 Å². The Kier molecular flexibility index (Phi) is 5.78. The molecule has 7 heteroatoms. The number of thiophene rings is 1. The molecule has 0 fully saturated rings. The third-order valence-electron chi connectivity index (χ3n) is 3.00. The topological polar surface area (TPSA) is 40.5 Å². The van der Waals surface area contributed by atoms with Gasteiger partial charge in [-0.05, 0) is 41.9 Å². The molecule has 21 heavy (non-hydrogen) atoms. The highest BCUT2D eigenvalue weighted by Gasteiger charge is 2.10. The van der Waals surface area contributed by atoms with Crippen molar-refractivity contribution in [1.82, 2.24) is 15.2 Å². The van der Waals surface area contributed by atoms with E-state index in [1.54, 1.807) is 22.7 Å².